The van der Waals surface area contributed by atoms with Crippen LogP contribution in [0.4, 0.5) is 0 Å². The van der Waals surface area contributed by atoms with Gasteiger partial charge in [0.05, 0.1) is 6.04 Å². The third kappa shape index (κ3) is 11.2. The number of likely N-dealkylation sites (tertiary alicyclic amines) is 1. The Hall–Kier alpha value is -3.07. The zero-order chi connectivity index (χ0) is 30.6. The molecule has 0 aromatic carbocycles. The molecule has 228 valence electrons. The molecule has 10 N–H and O–H groups in total. The number of carboxylic acid groups (broad SMARTS) is 1. The molecule has 1 aliphatic heterocycles. The highest BCUT2D eigenvalue weighted by molar-refractivity contribution is 7.80. The van der Waals surface area contributed by atoms with Gasteiger partial charge in [-0.2, -0.15) is 12.6 Å². The van der Waals surface area contributed by atoms with Gasteiger partial charge in [-0.3, -0.25) is 24.2 Å². The number of guanidine groups is 1. The third-order valence-corrected chi connectivity index (χ3v) is 6.89. The van der Waals surface area contributed by atoms with Crippen LogP contribution >= 0.6 is 12.6 Å². The first-order valence-electron chi connectivity index (χ1n) is 13.6. The maximum absolute atomic E-state index is 13.4. The minimum Gasteiger partial charge on any atom is -0.480 e. The maximum Gasteiger partial charge on any atom is 0.326 e. The molecule has 1 fully saturated rings. The molecule has 0 bridgehead atoms. The van der Waals surface area contributed by atoms with E-state index in [9.17, 15) is 29.1 Å². The van der Waals surface area contributed by atoms with E-state index in [4.69, 9.17) is 17.2 Å². The van der Waals surface area contributed by atoms with E-state index in [0.717, 1.165) is 0 Å². The van der Waals surface area contributed by atoms with Crippen LogP contribution < -0.4 is 33.2 Å². The molecule has 5 atom stereocenters. The molecule has 0 aromatic rings. The van der Waals surface area contributed by atoms with Gasteiger partial charge in [0, 0.05) is 18.8 Å². The quantitative estimate of drug-likeness (QED) is 0.0455. The van der Waals surface area contributed by atoms with Crippen molar-refractivity contribution in [2.45, 2.75) is 90.0 Å². The normalized spacial score (nSPS) is 18.0. The highest BCUT2D eigenvalue weighted by Crippen LogP contribution is 2.20. The van der Waals surface area contributed by atoms with Gasteiger partial charge in [0.1, 0.15) is 24.2 Å². The molecule has 40 heavy (non-hydrogen) atoms. The van der Waals surface area contributed by atoms with Gasteiger partial charge in [0.25, 0.3) is 0 Å². The number of amides is 4. The number of thiol groups is 1. The smallest absolute Gasteiger partial charge is 0.326 e. The van der Waals surface area contributed by atoms with Crippen LogP contribution in [0.2, 0.25) is 0 Å². The molecule has 0 unspecified atom stereocenters. The van der Waals surface area contributed by atoms with E-state index >= 15 is 0 Å². The number of aliphatic carboxylic acids is 1. The van der Waals surface area contributed by atoms with Crippen LogP contribution in [0.25, 0.3) is 0 Å². The van der Waals surface area contributed by atoms with Crippen molar-refractivity contribution in [1.82, 2.24) is 20.9 Å². The Balaban J connectivity index is 3.08. The predicted molar refractivity (Wildman–Crippen MR) is 154 cm³/mol. The molecule has 14 nitrogen and oxygen atoms in total. The summed E-state index contributed by atoms with van der Waals surface area (Å²) >= 11 is 4.02. The average molecular weight is 587 g/mol. The van der Waals surface area contributed by atoms with E-state index in [1.807, 2.05) is 13.8 Å². The van der Waals surface area contributed by atoms with E-state index in [-0.39, 0.29) is 42.9 Å². The van der Waals surface area contributed by atoms with Crippen LogP contribution in [0.5, 0.6) is 0 Å². The van der Waals surface area contributed by atoms with E-state index < -0.39 is 59.8 Å². The molecule has 0 aliphatic carbocycles. The summed E-state index contributed by atoms with van der Waals surface area (Å²) in [6.07, 6.45) is 1.72. The molecule has 1 aliphatic rings. The number of carbonyl (C=O) groups is 5. The second-order valence-electron chi connectivity index (χ2n) is 10.7. The molecule has 4 amide bonds. The zero-order valence-electron chi connectivity index (χ0n) is 23.8. The van der Waals surface area contributed by atoms with Crippen LogP contribution in [-0.4, -0.2) is 94.6 Å². The van der Waals surface area contributed by atoms with Crippen molar-refractivity contribution < 1.29 is 29.1 Å². The van der Waals surface area contributed by atoms with Gasteiger partial charge >= 0.3 is 5.97 Å². The van der Waals surface area contributed by atoms with Crippen LogP contribution in [0.15, 0.2) is 4.99 Å². The summed E-state index contributed by atoms with van der Waals surface area (Å²) in [5.74, 6) is -3.73. The van der Waals surface area contributed by atoms with Gasteiger partial charge in [0.15, 0.2) is 5.96 Å². The van der Waals surface area contributed by atoms with Crippen LogP contribution in [0, 0.1) is 11.8 Å². The molecule has 15 heteroatoms. The lowest BCUT2D eigenvalue weighted by molar-refractivity contribution is -0.149. The maximum atomic E-state index is 13.4. The molecular weight excluding hydrogens is 540 g/mol. The standard InChI is InChI=1S/C25H46N8O6S/c1-13(2)11-17(23(37)33-10-6-8-18(33)24(38)39)31-22(36)19(14(3)4)32-21(35)16(7-5-9-29-25(27)28)30-20(34)15(26)12-40/h13-19,40H,5-12,26H2,1-4H3,(H,30,34)(H,31,36)(H,32,35)(H,38,39)(H4,27,28,29)/t15-,16-,17-,18-,19-/m0/s1. The first-order valence-corrected chi connectivity index (χ1v) is 14.2. The van der Waals surface area contributed by atoms with Gasteiger partial charge in [-0.15, -0.1) is 0 Å². The molecule has 0 aromatic heterocycles. The topological polar surface area (TPSA) is 235 Å². The molecule has 1 heterocycles. The summed E-state index contributed by atoms with van der Waals surface area (Å²) in [6.45, 7) is 7.75. The van der Waals surface area contributed by atoms with Gasteiger partial charge in [0.2, 0.25) is 23.6 Å². The van der Waals surface area contributed by atoms with E-state index in [1.165, 1.54) is 4.90 Å². The van der Waals surface area contributed by atoms with Crippen molar-refractivity contribution >= 4 is 48.2 Å². The number of nitrogens with two attached hydrogens (primary N) is 3. The minimum atomic E-state index is -1.08. The monoisotopic (exact) mass is 586 g/mol. The Morgan fingerprint density at radius 3 is 2.15 bits per heavy atom. The van der Waals surface area contributed by atoms with Crippen molar-refractivity contribution in [2.24, 2.45) is 34.0 Å². The Kier molecular flexibility index (Phi) is 14.8. The van der Waals surface area contributed by atoms with Crippen LogP contribution in [-0.2, 0) is 24.0 Å². The lowest BCUT2D eigenvalue weighted by Gasteiger charge is -2.31. The summed E-state index contributed by atoms with van der Waals surface area (Å²) in [5, 5.41) is 17.5. The van der Waals surface area contributed by atoms with Crippen molar-refractivity contribution in [3.63, 3.8) is 0 Å². The van der Waals surface area contributed by atoms with Gasteiger partial charge in [-0.05, 0) is 43.9 Å². The van der Waals surface area contributed by atoms with E-state index in [0.29, 0.717) is 25.8 Å². The minimum absolute atomic E-state index is 0.0214. The number of aliphatic imine (C=N–C) groups is 1. The lowest BCUT2D eigenvalue weighted by atomic mass is 9.98. The van der Waals surface area contributed by atoms with E-state index in [1.54, 1.807) is 13.8 Å². The van der Waals surface area contributed by atoms with E-state index in [2.05, 4.69) is 33.6 Å². The Morgan fingerprint density at radius 1 is 1.00 bits per heavy atom. The second kappa shape index (κ2) is 16.9. The van der Waals surface area contributed by atoms with Gasteiger partial charge < -0.3 is 43.2 Å². The molecule has 0 saturated carbocycles. The van der Waals surface area contributed by atoms with Crippen molar-refractivity contribution in [3.05, 3.63) is 0 Å². The lowest BCUT2D eigenvalue weighted by Crippen LogP contribution is -2.60. The van der Waals surface area contributed by atoms with Crippen molar-refractivity contribution in [3.8, 4) is 0 Å². The molecule has 1 saturated heterocycles. The highest BCUT2D eigenvalue weighted by atomic mass is 32.1. The number of hydrogen-bond acceptors (Lipinski definition) is 8. The number of nitrogens with one attached hydrogen (secondary N) is 3. The Bertz CT molecular complexity index is 927. The first-order chi connectivity index (χ1) is 18.7. The first kappa shape index (κ1) is 35.0. The number of carbonyl (C=O) groups excluding carboxylic acids is 4. The fraction of sp³-hybridized carbons (Fsp3) is 0.760. The van der Waals surface area contributed by atoms with Crippen molar-refractivity contribution in [2.75, 3.05) is 18.8 Å². The molecular formula is C25H46N8O6S. The summed E-state index contributed by atoms with van der Waals surface area (Å²) in [4.78, 5) is 69.2. The largest absolute Gasteiger partial charge is 0.480 e. The highest BCUT2D eigenvalue weighted by Gasteiger charge is 2.39. The summed E-state index contributed by atoms with van der Waals surface area (Å²) in [6, 6.07) is -4.92. The van der Waals surface area contributed by atoms with Gasteiger partial charge in [-0.25, -0.2) is 4.79 Å². The summed E-state index contributed by atoms with van der Waals surface area (Å²) in [7, 11) is 0. The summed E-state index contributed by atoms with van der Waals surface area (Å²) in [5.41, 5.74) is 16.4. The Labute approximate surface area is 241 Å². The number of carboxylic acids is 1. The average Bonchev–Trinajstić information content (AvgIpc) is 3.37. The van der Waals surface area contributed by atoms with Crippen LogP contribution in [0.3, 0.4) is 0 Å². The van der Waals surface area contributed by atoms with Crippen LogP contribution in [0.1, 0.15) is 59.8 Å². The third-order valence-electron chi connectivity index (χ3n) is 6.50. The predicted octanol–water partition coefficient (Wildman–Crippen LogP) is -1.47. The summed E-state index contributed by atoms with van der Waals surface area (Å²) < 4.78 is 0. The zero-order valence-corrected chi connectivity index (χ0v) is 24.7. The molecule has 0 spiro atoms. The molecule has 1 rings (SSSR count). The number of hydrogen-bond donors (Lipinski definition) is 8. The SMILES string of the molecule is CC(C)C[C@H](NC(=O)[C@@H](NC(=O)[C@H](CCCN=C(N)N)NC(=O)[C@@H](N)CS)C(C)C)C(=O)N1CCC[C@H]1C(=O)O. The van der Waals surface area contributed by atoms with Gasteiger partial charge in [-0.1, -0.05) is 27.7 Å². The van der Waals surface area contributed by atoms with Crippen molar-refractivity contribution in [1.29, 1.82) is 0 Å². The number of rotatable bonds is 16. The Morgan fingerprint density at radius 2 is 1.62 bits per heavy atom. The molecule has 0 radical (unpaired) electrons. The fourth-order valence-electron chi connectivity index (χ4n) is 4.36. The number of nitrogens with zero attached hydrogens (tertiary/aromatic N) is 2. The fourth-order valence-corrected chi connectivity index (χ4v) is 4.53. The second-order valence-corrected chi connectivity index (χ2v) is 11.1.